The molecule has 2 rings (SSSR count). The molecule has 0 aromatic carbocycles. The van der Waals surface area contributed by atoms with E-state index in [0.29, 0.717) is 0 Å². The van der Waals surface area contributed by atoms with Crippen molar-refractivity contribution in [3.05, 3.63) is 0 Å². The molecule has 0 radical (unpaired) electrons. The van der Waals surface area contributed by atoms with E-state index in [1.165, 1.54) is 32.4 Å². The maximum atomic E-state index is 5.11. The van der Waals surface area contributed by atoms with Crippen molar-refractivity contribution in [1.82, 2.24) is 4.90 Å². The van der Waals surface area contributed by atoms with Crippen molar-refractivity contribution in [3.8, 4) is 0 Å². The number of hydrogen-bond donors (Lipinski definition) is 0. The van der Waals surface area contributed by atoms with Gasteiger partial charge in [0.15, 0.2) is 0 Å². The molecule has 1 saturated heterocycles. The highest BCUT2D eigenvalue weighted by Gasteiger charge is 2.35. The monoisotopic (exact) mass is 183 g/mol. The Labute approximate surface area is 80.1 Å². The van der Waals surface area contributed by atoms with Crippen LogP contribution in [0.25, 0.3) is 0 Å². The summed E-state index contributed by atoms with van der Waals surface area (Å²) in [5.41, 5.74) is 0. The molecular formula is C10H17NS. The van der Waals surface area contributed by atoms with E-state index in [4.69, 9.17) is 12.2 Å². The second kappa shape index (κ2) is 3.43. The summed E-state index contributed by atoms with van der Waals surface area (Å²) in [5.74, 6) is 2.10. The Bertz CT molecular complexity index is 186. The van der Waals surface area contributed by atoms with E-state index in [0.717, 1.165) is 23.2 Å². The molecular weight excluding hydrogens is 166 g/mol. The van der Waals surface area contributed by atoms with Crippen LogP contribution in [0.15, 0.2) is 0 Å². The third kappa shape index (κ3) is 2.05. The first-order valence-electron chi connectivity index (χ1n) is 4.97. The molecule has 2 aliphatic rings. The molecule has 2 heteroatoms. The zero-order valence-electron chi connectivity index (χ0n) is 7.75. The van der Waals surface area contributed by atoms with Gasteiger partial charge in [0.1, 0.15) is 0 Å². The standard InChI is InChI=1S/C10H17NS/c1-8(12)6-11-5-4-10(7-11)9-2-3-9/h9-10H,2-7H2,1H3/t10-/m0/s1. The van der Waals surface area contributed by atoms with Gasteiger partial charge in [-0.2, -0.15) is 0 Å². The van der Waals surface area contributed by atoms with Crippen molar-refractivity contribution in [1.29, 1.82) is 0 Å². The molecule has 1 aliphatic carbocycles. The van der Waals surface area contributed by atoms with E-state index in [9.17, 15) is 0 Å². The first kappa shape index (κ1) is 8.64. The van der Waals surface area contributed by atoms with Gasteiger partial charge in [-0.05, 0) is 44.6 Å². The van der Waals surface area contributed by atoms with Gasteiger partial charge in [0, 0.05) is 18.0 Å². The number of hydrogen-bond acceptors (Lipinski definition) is 2. The molecule has 2 fully saturated rings. The number of nitrogens with zero attached hydrogens (tertiary/aromatic N) is 1. The topological polar surface area (TPSA) is 3.24 Å². The van der Waals surface area contributed by atoms with E-state index in [2.05, 4.69) is 11.8 Å². The van der Waals surface area contributed by atoms with E-state index in [1.807, 2.05) is 0 Å². The summed E-state index contributed by atoms with van der Waals surface area (Å²) in [6.07, 6.45) is 4.41. The zero-order valence-corrected chi connectivity index (χ0v) is 8.57. The summed E-state index contributed by atoms with van der Waals surface area (Å²) in [6, 6.07) is 0. The van der Waals surface area contributed by atoms with Crippen LogP contribution in [-0.2, 0) is 0 Å². The molecule has 12 heavy (non-hydrogen) atoms. The van der Waals surface area contributed by atoms with Crippen LogP contribution in [-0.4, -0.2) is 29.4 Å². The lowest BCUT2D eigenvalue weighted by molar-refractivity contribution is 0.359. The number of rotatable bonds is 3. The first-order chi connectivity index (χ1) is 5.75. The molecule has 0 amide bonds. The Morgan fingerprint density at radius 3 is 2.67 bits per heavy atom. The minimum Gasteiger partial charge on any atom is -0.298 e. The van der Waals surface area contributed by atoms with E-state index in [1.54, 1.807) is 0 Å². The highest BCUT2D eigenvalue weighted by molar-refractivity contribution is 7.80. The summed E-state index contributed by atoms with van der Waals surface area (Å²) in [4.78, 5) is 3.66. The number of thiocarbonyl (C=S) groups is 1. The van der Waals surface area contributed by atoms with Crippen molar-refractivity contribution in [2.24, 2.45) is 11.8 Å². The van der Waals surface area contributed by atoms with Gasteiger partial charge in [0.05, 0.1) is 0 Å². The second-order valence-corrected chi connectivity index (χ2v) is 5.02. The number of likely N-dealkylation sites (tertiary alicyclic amines) is 1. The van der Waals surface area contributed by atoms with Gasteiger partial charge in [-0.15, -0.1) is 0 Å². The van der Waals surface area contributed by atoms with Crippen LogP contribution in [0.1, 0.15) is 26.2 Å². The third-order valence-electron chi connectivity index (χ3n) is 3.04. The van der Waals surface area contributed by atoms with Gasteiger partial charge >= 0.3 is 0 Å². The molecule has 1 heterocycles. The Morgan fingerprint density at radius 1 is 1.33 bits per heavy atom. The second-order valence-electron chi connectivity index (χ2n) is 4.32. The summed E-state index contributed by atoms with van der Waals surface area (Å²) in [6.45, 7) is 5.71. The largest absolute Gasteiger partial charge is 0.298 e. The lowest BCUT2D eigenvalue weighted by atomic mass is 10.0. The van der Waals surface area contributed by atoms with Crippen LogP contribution >= 0.6 is 12.2 Å². The molecule has 68 valence electrons. The quantitative estimate of drug-likeness (QED) is 0.617. The Kier molecular flexibility index (Phi) is 2.47. The average Bonchev–Trinajstić information content (AvgIpc) is 2.73. The van der Waals surface area contributed by atoms with E-state index in [-0.39, 0.29) is 0 Å². The summed E-state index contributed by atoms with van der Waals surface area (Å²) in [5, 5.41) is 0. The molecule has 1 aliphatic heterocycles. The van der Waals surface area contributed by atoms with E-state index >= 15 is 0 Å². The van der Waals surface area contributed by atoms with Crippen LogP contribution in [0, 0.1) is 11.8 Å². The molecule has 0 N–H and O–H groups in total. The van der Waals surface area contributed by atoms with Crippen LogP contribution in [0.5, 0.6) is 0 Å². The first-order valence-corrected chi connectivity index (χ1v) is 5.38. The van der Waals surface area contributed by atoms with Gasteiger partial charge < -0.3 is 0 Å². The predicted octanol–water partition coefficient (Wildman–Crippen LogP) is 2.11. The zero-order chi connectivity index (χ0) is 8.55. The molecule has 0 unspecified atom stereocenters. The molecule has 0 aromatic rings. The third-order valence-corrected chi connectivity index (χ3v) is 3.17. The van der Waals surface area contributed by atoms with Crippen molar-refractivity contribution in [2.75, 3.05) is 19.6 Å². The minimum absolute atomic E-state index is 1.01. The van der Waals surface area contributed by atoms with Gasteiger partial charge in [0.25, 0.3) is 0 Å². The van der Waals surface area contributed by atoms with Crippen molar-refractivity contribution < 1.29 is 0 Å². The molecule has 1 nitrogen and oxygen atoms in total. The average molecular weight is 183 g/mol. The summed E-state index contributed by atoms with van der Waals surface area (Å²) >= 11 is 5.11. The molecule has 1 saturated carbocycles. The normalized spacial score (nSPS) is 30.9. The Morgan fingerprint density at radius 2 is 2.08 bits per heavy atom. The van der Waals surface area contributed by atoms with Crippen LogP contribution in [0.2, 0.25) is 0 Å². The van der Waals surface area contributed by atoms with Crippen molar-refractivity contribution >= 4 is 17.1 Å². The SMILES string of the molecule is CC(=S)CN1CC[C@H](C2CC2)C1. The van der Waals surface area contributed by atoms with Gasteiger partial charge in [-0.3, -0.25) is 4.90 Å². The Balaban J connectivity index is 1.77. The van der Waals surface area contributed by atoms with E-state index < -0.39 is 0 Å². The van der Waals surface area contributed by atoms with Crippen LogP contribution in [0.4, 0.5) is 0 Å². The molecule has 0 bridgehead atoms. The lowest BCUT2D eigenvalue weighted by Gasteiger charge is -2.14. The molecule has 0 spiro atoms. The van der Waals surface area contributed by atoms with Gasteiger partial charge in [-0.1, -0.05) is 12.2 Å². The van der Waals surface area contributed by atoms with Gasteiger partial charge in [0.2, 0.25) is 0 Å². The fourth-order valence-corrected chi connectivity index (χ4v) is 2.46. The fraction of sp³-hybridized carbons (Fsp3) is 0.900. The van der Waals surface area contributed by atoms with Crippen LogP contribution in [0.3, 0.4) is 0 Å². The highest BCUT2D eigenvalue weighted by atomic mass is 32.1. The predicted molar refractivity (Wildman–Crippen MR) is 55.5 cm³/mol. The molecule has 0 aromatic heterocycles. The Hall–Kier alpha value is 0.0500. The van der Waals surface area contributed by atoms with Crippen molar-refractivity contribution in [2.45, 2.75) is 26.2 Å². The maximum Gasteiger partial charge on any atom is 0.0294 e. The van der Waals surface area contributed by atoms with Gasteiger partial charge in [-0.25, -0.2) is 0 Å². The maximum absolute atomic E-state index is 5.11. The van der Waals surface area contributed by atoms with Crippen LogP contribution < -0.4 is 0 Å². The summed E-state index contributed by atoms with van der Waals surface area (Å²) < 4.78 is 0. The minimum atomic E-state index is 1.01. The summed E-state index contributed by atoms with van der Waals surface area (Å²) in [7, 11) is 0. The fourth-order valence-electron chi connectivity index (χ4n) is 2.27. The molecule has 1 atom stereocenters. The van der Waals surface area contributed by atoms with Crippen molar-refractivity contribution in [3.63, 3.8) is 0 Å². The highest BCUT2D eigenvalue weighted by Crippen LogP contribution is 2.41. The smallest absolute Gasteiger partial charge is 0.0294 e. The lowest BCUT2D eigenvalue weighted by Crippen LogP contribution is -2.25.